The minimum absolute atomic E-state index is 0.187. The van der Waals surface area contributed by atoms with Gasteiger partial charge in [-0.1, -0.05) is 6.07 Å². The lowest BCUT2D eigenvalue weighted by atomic mass is 10.1. The van der Waals surface area contributed by atoms with Crippen molar-refractivity contribution in [2.24, 2.45) is 5.92 Å². The third-order valence-corrected chi connectivity index (χ3v) is 5.29. The lowest BCUT2D eigenvalue weighted by Gasteiger charge is -2.18. The second-order valence-electron chi connectivity index (χ2n) is 7.16. The molecule has 0 spiro atoms. The molecule has 7 heteroatoms. The minimum atomic E-state index is -0.714. The van der Waals surface area contributed by atoms with E-state index in [1.54, 1.807) is 36.2 Å². The van der Waals surface area contributed by atoms with Crippen LogP contribution >= 0.6 is 0 Å². The number of ether oxygens (including phenoxy) is 1. The molecule has 1 fully saturated rings. The SMILES string of the molecule is COC(=O)N(C)c1ccc(NC(=O)C2CCN(c3ccc(C)c(C)c3)C2=O)cc1. The van der Waals surface area contributed by atoms with E-state index in [4.69, 9.17) is 0 Å². The van der Waals surface area contributed by atoms with E-state index < -0.39 is 12.0 Å². The van der Waals surface area contributed by atoms with E-state index >= 15 is 0 Å². The molecule has 0 aliphatic carbocycles. The number of methoxy groups -OCH3 is 1. The summed E-state index contributed by atoms with van der Waals surface area (Å²) in [6.45, 7) is 4.54. The van der Waals surface area contributed by atoms with Crippen LogP contribution < -0.4 is 15.1 Å². The molecule has 1 aliphatic rings. The van der Waals surface area contributed by atoms with E-state index in [-0.39, 0.29) is 11.8 Å². The number of carbonyl (C=O) groups is 3. The molecule has 1 atom stereocenters. The van der Waals surface area contributed by atoms with Gasteiger partial charge >= 0.3 is 6.09 Å². The second-order valence-corrected chi connectivity index (χ2v) is 7.16. The molecular formula is C22H25N3O4. The van der Waals surface area contributed by atoms with E-state index in [0.29, 0.717) is 24.3 Å². The highest BCUT2D eigenvalue weighted by Crippen LogP contribution is 2.28. The van der Waals surface area contributed by atoms with Gasteiger partial charge in [0, 0.05) is 30.7 Å². The molecule has 1 N–H and O–H groups in total. The number of nitrogens with zero attached hydrogens (tertiary/aromatic N) is 2. The highest BCUT2D eigenvalue weighted by Gasteiger charge is 2.37. The van der Waals surface area contributed by atoms with Crippen molar-refractivity contribution in [1.29, 1.82) is 0 Å². The number of nitrogens with one attached hydrogen (secondary N) is 1. The summed E-state index contributed by atoms with van der Waals surface area (Å²) in [5.41, 5.74) is 4.29. The standard InChI is InChI=1S/C22H25N3O4/c1-14-5-8-18(13-15(14)2)25-12-11-19(21(25)27)20(26)23-16-6-9-17(10-7-16)24(3)22(28)29-4/h5-10,13,19H,11-12H2,1-4H3,(H,23,26). The first-order valence-electron chi connectivity index (χ1n) is 9.43. The Bertz CT molecular complexity index is 940. The van der Waals surface area contributed by atoms with Crippen LogP contribution in [0.1, 0.15) is 17.5 Å². The number of hydrogen-bond acceptors (Lipinski definition) is 4. The van der Waals surface area contributed by atoms with Crippen molar-refractivity contribution in [3.05, 3.63) is 53.6 Å². The number of anilines is 3. The van der Waals surface area contributed by atoms with Crippen LogP contribution in [0.25, 0.3) is 0 Å². The van der Waals surface area contributed by atoms with Gasteiger partial charge in [0.2, 0.25) is 11.8 Å². The van der Waals surface area contributed by atoms with Crippen LogP contribution in [0.2, 0.25) is 0 Å². The van der Waals surface area contributed by atoms with Crippen molar-refractivity contribution in [2.75, 3.05) is 35.8 Å². The van der Waals surface area contributed by atoms with Gasteiger partial charge in [0.1, 0.15) is 5.92 Å². The average molecular weight is 395 g/mol. The summed E-state index contributed by atoms with van der Waals surface area (Å²) >= 11 is 0. The fourth-order valence-corrected chi connectivity index (χ4v) is 3.31. The molecule has 3 rings (SSSR count). The van der Waals surface area contributed by atoms with E-state index in [1.807, 2.05) is 32.0 Å². The molecule has 2 aromatic carbocycles. The fourth-order valence-electron chi connectivity index (χ4n) is 3.31. The highest BCUT2D eigenvalue weighted by molar-refractivity contribution is 6.13. The molecule has 0 bridgehead atoms. The van der Waals surface area contributed by atoms with Gasteiger partial charge in [-0.2, -0.15) is 0 Å². The second kappa shape index (κ2) is 8.34. The van der Waals surface area contributed by atoms with E-state index in [2.05, 4.69) is 10.1 Å². The smallest absolute Gasteiger partial charge is 0.413 e. The Hall–Kier alpha value is -3.35. The molecular weight excluding hydrogens is 370 g/mol. The molecule has 2 aromatic rings. The summed E-state index contributed by atoms with van der Waals surface area (Å²) in [6, 6.07) is 12.6. The Kier molecular flexibility index (Phi) is 5.87. The molecule has 3 amide bonds. The topological polar surface area (TPSA) is 79.0 Å². The zero-order valence-electron chi connectivity index (χ0n) is 17.1. The Morgan fingerprint density at radius 3 is 2.41 bits per heavy atom. The maximum atomic E-state index is 12.8. The van der Waals surface area contributed by atoms with Crippen LogP contribution in [0.4, 0.5) is 21.9 Å². The summed E-state index contributed by atoms with van der Waals surface area (Å²) in [5, 5.41) is 2.80. The van der Waals surface area contributed by atoms with Crippen molar-refractivity contribution >= 4 is 35.0 Å². The van der Waals surface area contributed by atoms with Crippen LogP contribution in [0.5, 0.6) is 0 Å². The largest absolute Gasteiger partial charge is 0.452 e. The van der Waals surface area contributed by atoms with Crippen LogP contribution in [-0.2, 0) is 14.3 Å². The molecule has 152 valence electrons. The zero-order chi connectivity index (χ0) is 21.1. The van der Waals surface area contributed by atoms with E-state index in [9.17, 15) is 14.4 Å². The quantitative estimate of drug-likeness (QED) is 0.804. The maximum Gasteiger partial charge on any atom is 0.413 e. The first-order valence-corrected chi connectivity index (χ1v) is 9.43. The summed E-state index contributed by atoms with van der Waals surface area (Å²) < 4.78 is 4.68. The lowest BCUT2D eigenvalue weighted by Crippen LogP contribution is -2.33. The predicted octanol–water partition coefficient (Wildman–Crippen LogP) is 3.50. The molecule has 1 saturated heterocycles. The summed E-state index contributed by atoms with van der Waals surface area (Å²) in [5.74, 6) is -1.22. The number of benzene rings is 2. The van der Waals surface area contributed by atoms with Crippen molar-refractivity contribution in [3.8, 4) is 0 Å². The first-order chi connectivity index (χ1) is 13.8. The normalized spacial score (nSPS) is 15.9. The summed E-state index contributed by atoms with van der Waals surface area (Å²) in [6.07, 6.45) is -0.00872. The van der Waals surface area contributed by atoms with Crippen molar-refractivity contribution in [3.63, 3.8) is 0 Å². The van der Waals surface area contributed by atoms with Crippen molar-refractivity contribution < 1.29 is 19.1 Å². The maximum absolute atomic E-state index is 12.8. The number of carbonyl (C=O) groups excluding carboxylic acids is 3. The number of aryl methyl sites for hydroxylation is 2. The van der Waals surface area contributed by atoms with Gasteiger partial charge in [-0.25, -0.2) is 4.79 Å². The average Bonchev–Trinajstić information content (AvgIpc) is 3.11. The zero-order valence-corrected chi connectivity index (χ0v) is 17.1. The Labute approximate surface area is 170 Å². The molecule has 29 heavy (non-hydrogen) atoms. The van der Waals surface area contributed by atoms with Gasteiger partial charge in [0.15, 0.2) is 0 Å². The lowest BCUT2D eigenvalue weighted by molar-refractivity contribution is -0.129. The Morgan fingerprint density at radius 1 is 1.10 bits per heavy atom. The monoisotopic (exact) mass is 395 g/mol. The predicted molar refractivity (Wildman–Crippen MR) is 112 cm³/mol. The molecule has 1 aliphatic heterocycles. The van der Waals surface area contributed by atoms with Gasteiger partial charge in [-0.15, -0.1) is 0 Å². The highest BCUT2D eigenvalue weighted by atomic mass is 16.5. The number of hydrogen-bond donors (Lipinski definition) is 1. The van der Waals surface area contributed by atoms with Gasteiger partial charge in [-0.05, 0) is 67.8 Å². The third-order valence-electron chi connectivity index (χ3n) is 5.29. The van der Waals surface area contributed by atoms with Crippen LogP contribution in [0.15, 0.2) is 42.5 Å². The molecule has 1 unspecified atom stereocenters. The molecule has 0 aromatic heterocycles. The molecule has 1 heterocycles. The summed E-state index contributed by atoms with van der Waals surface area (Å²) in [4.78, 5) is 40.0. The first kappa shape index (κ1) is 20.4. The number of rotatable bonds is 4. The van der Waals surface area contributed by atoms with E-state index in [0.717, 1.165) is 16.8 Å². The van der Waals surface area contributed by atoms with E-state index in [1.165, 1.54) is 12.0 Å². The van der Waals surface area contributed by atoms with Crippen LogP contribution in [0.3, 0.4) is 0 Å². The van der Waals surface area contributed by atoms with Gasteiger partial charge < -0.3 is 15.0 Å². The Morgan fingerprint density at radius 2 is 1.79 bits per heavy atom. The fraction of sp³-hybridized carbons (Fsp3) is 0.318. The van der Waals surface area contributed by atoms with Gasteiger partial charge in [0.25, 0.3) is 0 Å². The molecule has 7 nitrogen and oxygen atoms in total. The van der Waals surface area contributed by atoms with Crippen LogP contribution in [0, 0.1) is 19.8 Å². The molecule has 0 radical (unpaired) electrons. The van der Waals surface area contributed by atoms with Crippen molar-refractivity contribution in [2.45, 2.75) is 20.3 Å². The van der Waals surface area contributed by atoms with Crippen molar-refractivity contribution in [1.82, 2.24) is 0 Å². The van der Waals surface area contributed by atoms with Gasteiger partial charge in [0.05, 0.1) is 7.11 Å². The van der Waals surface area contributed by atoms with Crippen LogP contribution in [-0.4, -0.2) is 38.6 Å². The van der Waals surface area contributed by atoms with Gasteiger partial charge in [-0.3, -0.25) is 14.5 Å². The number of amides is 3. The minimum Gasteiger partial charge on any atom is -0.452 e. The molecule has 0 saturated carbocycles. The summed E-state index contributed by atoms with van der Waals surface area (Å²) in [7, 11) is 2.91. The Balaban J connectivity index is 1.66. The third kappa shape index (κ3) is 4.23.